The van der Waals surface area contributed by atoms with Gasteiger partial charge in [-0.2, -0.15) is 0 Å². The Morgan fingerprint density at radius 1 is 0.806 bits per heavy atom. The van der Waals surface area contributed by atoms with E-state index in [-0.39, 0.29) is 53.5 Å². The van der Waals surface area contributed by atoms with Crippen LogP contribution in [0.5, 0.6) is 0 Å². The number of esters is 2. The number of hydrogen-bond donors (Lipinski definition) is 2. The molecule has 2 aromatic rings. The summed E-state index contributed by atoms with van der Waals surface area (Å²) < 4.78 is 10.1. The van der Waals surface area contributed by atoms with Crippen molar-refractivity contribution in [2.45, 2.75) is 6.42 Å². The molecular formula is C19H20N4O8. The number of anilines is 2. The highest BCUT2D eigenvalue weighted by Crippen LogP contribution is 2.26. The smallest absolute Gasteiger partial charge is 0.338 e. The van der Waals surface area contributed by atoms with E-state index in [9.17, 15) is 29.8 Å². The highest BCUT2D eigenvalue weighted by Gasteiger charge is 2.19. The Morgan fingerprint density at radius 2 is 1.19 bits per heavy atom. The van der Waals surface area contributed by atoms with E-state index >= 15 is 0 Å². The third-order valence-corrected chi connectivity index (χ3v) is 4.15. The molecule has 0 aromatic heterocycles. The van der Waals surface area contributed by atoms with Gasteiger partial charge < -0.3 is 20.1 Å². The van der Waals surface area contributed by atoms with Crippen LogP contribution in [-0.4, -0.2) is 49.1 Å². The van der Waals surface area contributed by atoms with E-state index in [0.29, 0.717) is 0 Å². The van der Waals surface area contributed by atoms with E-state index in [0.717, 1.165) is 12.1 Å². The van der Waals surface area contributed by atoms with Crippen LogP contribution >= 0.6 is 0 Å². The first-order chi connectivity index (χ1) is 14.8. The van der Waals surface area contributed by atoms with Gasteiger partial charge in [-0.15, -0.1) is 0 Å². The molecule has 164 valence electrons. The number of ether oxygens (including phenoxy) is 2. The van der Waals surface area contributed by atoms with Crippen molar-refractivity contribution in [3.05, 3.63) is 67.8 Å². The average Bonchev–Trinajstić information content (AvgIpc) is 2.77. The molecule has 0 fully saturated rings. The summed E-state index contributed by atoms with van der Waals surface area (Å²) in [6.45, 7) is -0.181. The normalized spacial score (nSPS) is 10.1. The fourth-order valence-electron chi connectivity index (χ4n) is 2.60. The maximum Gasteiger partial charge on any atom is 0.338 e. The molecule has 0 spiro atoms. The van der Waals surface area contributed by atoms with Gasteiger partial charge in [-0.05, 0) is 24.3 Å². The average molecular weight is 432 g/mol. The maximum atomic E-state index is 12.1. The number of nitrogens with zero attached hydrogens (tertiary/aromatic N) is 2. The second-order valence-electron chi connectivity index (χ2n) is 6.10. The minimum Gasteiger partial charge on any atom is -0.462 e. The summed E-state index contributed by atoms with van der Waals surface area (Å²) in [5.74, 6) is -1.51. The van der Waals surface area contributed by atoms with Crippen molar-refractivity contribution < 1.29 is 28.9 Å². The molecular weight excluding hydrogens is 412 g/mol. The number of nitrogens with one attached hydrogen (secondary N) is 2. The SMILES string of the molecule is CNc1ccc(C(=O)OCCCOC(=O)c2ccc(NC)c([N+](=O)[O-])c2)cc1[N+](=O)[O-]. The van der Waals surface area contributed by atoms with E-state index in [2.05, 4.69) is 10.6 Å². The maximum absolute atomic E-state index is 12.1. The fourth-order valence-corrected chi connectivity index (χ4v) is 2.60. The molecule has 0 heterocycles. The van der Waals surface area contributed by atoms with Crippen LogP contribution in [0.4, 0.5) is 22.7 Å². The van der Waals surface area contributed by atoms with Crippen LogP contribution in [0.25, 0.3) is 0 Å². The Balaban J connectivity index is 1.86. The molecule has 2 N–H and O–H groups in total. The van der Waals surface area contributed by atoms with E-state index in [4.69, 9.17) is 9.47 Å². The van der Waals surface area contributed by atoms with Crippen LogP contribution < -0.4 is 10.6 Å². The lowest BCUT2D eigenvalue weighted by Gasteiger charge is -2.08. The summed E-state index contributed by atoms with van der Waals surface area (Å²) in [6, 6.07) is 7.79. The van der Waals surface area contributed by atoms with Gasteiger partial charge in [0.2, 0.25) is 0 Å². The lowest BCUT2D eigenvalue weighted by atomic mass is 10.1. The van der Waals surface area contributed by atoms with Crippen LogP contribution in [-0.2, 0) is 9.47 Å². The van der Waals surface area contributed by atoms with Crippen molar-refractivity contribution in [1.82, 2.24) is 0 Å². The zero-order valence-electron chi connectivity index (χ0n) is 16.7. The van der Waals surface area contributed by atoms with Gasteiger partial charge in [-0.3, -0.25) is 20.2 Å². The summed E-state index contributed by atoms with van der Waals surface area (Å²) in [4.78, 5) is 45.0. The molecule has 0 atom stereocenters. The molecule has 0 amide bonds. The second kappa shape index (κ2) is 10.5. The molecule has 0 aliphatic rings. The first kappa shape index (κ1) is 23.1. The summed E-state index contributed by atoms with van der Waals surface area (Å²) in [5, 5.41) is 27.4. The Hall–Kier alpha value is -4.22. The van der Waals surface area contributed by atoms with Crippen molar-refractivity contribution in [2.75, 3.05) is 37.9 Å². The lowest BCUT2D eigenvalue weighted by Crippen LogP contribution is -2.12. The second-order valence-corrected chi connectivity index (χ2v) is 6.10. The predicted octanol–water partition coefficient (Wildman–Crippen LogP) is 2.99. The predicted molar refractivity (Wildman–Crippen MR) is 110 cm³/mol. The molecule has 0 radical (unpaired) electrons. The number of benzene rings is 2. The fraction of sp³-hybridized carbons (Fsp3) is 0.263. The van der Waals surface area contributed by atoms with E-state index in [1.54, 1.807) is 0 Å². The van der Waals surface area contributed by atoms with Crippen molar-refractivity contribution >= 4 is 34.7 Å². The Morgan fingerprint density at radius 3 is 1.52 bits per heavy atom. The van der Waals surface area contributed by atoms with Crippen LogP contribution in [0.15, 0.2) is 36.4 Å². The van der Waals surface area contributed by atoms with Gasteiger partial charge in [0.15, 0.2) is 0 Å². The molecule has 0 bridgehead atoms. The van der Waals surface area contributed by atoms with Crippen molar-refractivity contribution in [1.29, 1.82) is 0 Å². The van der Waals surface area contributed by atoms with Gasteiger partial charge in [-0.1, -0.05) is 0 Å². The summed E-state index contributed by atoms with van der Waals surface area (Å²) in [6.07, 6.45) is 0.171. The van der Waals surface area contributed by atoms with Crippen molar-refractivity contribution in [2.24, 2.45) is 0 Å². The topological polar surface area (TPSA) is 163 Å². The highest BCUT2D eigenvalue weighted by molar-refractivity contribution is 5.92. The summed E-state index contributed by atoms with van der Waals surface area (Å²) >= 11 is 0. The van der Waals surface area contributed by atoms with Gasteiger partial charge in [-0.25, -0.2) is 9.59 Å². The minimum absolute atomic E-state index is 0.0135. The van der Waals surface area contributed by atoms with Gasteiger partial charge in [0.25, 0.3) is 11.4 Å². The zero-order chi connectivity index (χ0) is 23.0. The van der Waals surface area contributed by atoms with Crippen LogP contribution in [0, 0.1) is 20.2 Å². The molecule has 31 heavy (non-hydrogen) atoms. The third kappa shape index (κ3) is 5.88. The number of nitro benzene ring substituents is 2. The molecule has 0 unspecified atom stereocenters. The van der Waals surface area contributed by atoms with E-state index < -0.39 is 21.8 Å². The summed E-state index contributed by atoms with van der Waals surface area (Å²) in [7, 11) is 3.05. The number of carbonyl (C=O) groups is 2. The molecule has 0 aliphatic carbocycles. The van der Waals surface area contributed by atoms with Gasteiger partial charge in [0.05, 0.1) is 34.2 Å². The van der Waals surface area contributed by atoms with Crippen molar-refractivity contribution in [3.63, 3.8) is 0 Å². The molecule has 12 heteroatoms. The first-order valence-corrected chi connectivity index (χ1v) is 9.05. The standard InChI is InChI=1S/C19H20N4O8/c1-20-14-6-4-12(10-16(14)22(26)27)18(24)30-8-3-9-31-19(25)13-5-7-15(21-2)17(11-13)23(28)29/h4-7,10-11,20-21H,3,8-9H2,1-2H3. The molecule has 0 saturated carbocycles. The van der Waals surface area contributed by atoms with E-state index in [1.165, 1.54) is 38.4 Å². The molecule has 0 aliphatic heterocycles. The van der Waals surface area contributed by atoms with Gasteiger partial charge >= 0.3 is 11.9 Å². The zero-order valence-corrected chi connectivity index (χ0v) is 16.7. The van der Waals surface area contributed by atoms with Crippen LogP contribution in [0.2, 0.25) is 0 Å². The number of nitro groups is 2. The molecule has 2 aromatic carbocycles. The Labute approximate surface area is 176 Å². The quantitative estimate of drug-likeness (QED) is 0.247. The third-order valence-electron chi connectivity index (χ3n) is 4.15. The van der Waals surface area contributed by atoms with Crippen LogP contribution in [0.1, 0.15) is 27.1 Å². The van der Waals surface area contributed by atoms with Crippen molar-refractivity contribution in [3.8, 4) is 0 Å². The van der Waals surface area contributed by atoms with Gasteiger partial charge in [0.1, 0.15) is 11.4 Å². The number of hydrogen-bond acceptors (Lipinski definition) is 10. The first-order valence-electron chi connectivity index (χ1n) is 9.05. The molecule has 2 rings (SSSR count). The highest BCUT2D eigenvalue weighted by atomic mass is 16.6. The Bertz CT molecular complexity index is 929. The van der Waals surface area contributed by atoms with E-state index in [1.807, 2.05) is 0 Å². The molecule has 12 nitrogen and oxygen atoms in total. The lowest BCUT2D eigenvalue weighted by molar-refractivity contribution is -0.384. The number of carbonyl (C=O) groups excluding carboxylic acids is 2. The summed E-state index contributed by atoms with van der Waals surface area (Å²) in [5.41, 5.74) is 0.0284. The largest absolute Gasteiger partial charge is 0.462 e. The molecule has 0 saturated heterocycles. The van der Waals surface area contributed by atoms with Gasteiger partial charge in [0, 0.05) is 32.6 Å². The monoisotopic (exact) mass is 432 g/mol. The minimum atomic E-state index is -0.754. The number of rotatable bonds is 10. The van der Waals surface area contributed by atoms with Crippen LogP contribution in [0.3, 0.4) is 0 Å². The Kier molecular flexibility index (Phi) is 7.83.